The van der Waals surface area contributed by atoms with Gasteiger partial charge in [0.05, 0.1) is 28.3 Å². The summed E-state index contributed by atoms with van der Waals surface area (Å²) in [5, 5.41) is 6.48. The Labute approximate surface area is 175 Å². The fraction of sp³-hybridized carbons (Fsp3) is 0.160. The van der Waals surface area contributed by atoms with E-state index in [2.05, 4.69) is 5.10 Å². The molecule has 0 saturated heterocycles. The predicted octanol–water partition coefficient (Wildman–Crippen LogP) is 4.88. The summed E-state index contributed by atoms with van der Waals surface area (Å²) in [4.78, 5) is 28.1. The van der Waals surface area contributed by atoms with Crippen molar-refractivity contribution in [2.45, 2.75) is 20.8 Å². The Morgan fingerprint density at radius 2 is 1.57 bits per heavy atom. The Morgan fingerprint density at radius 1 is 0.900 bits per heavy atom. The third-order valence-electron chi connectivity index (χ3n) is 5.33. The average molecular weight is 397 g/mol. The van der Waals surface area contributed by atoms with Gasteiger partial charge in [-0.15, -0.1) is 0 Å². The predicted molar refractivity (Wildman–Crippen MR) is 119 cm³/mol. The monoisotopic (exact) mass is 397 g/mol. The van der Waals surface area contributed by atoms with Gasteiger partial charge < -0.3 is 4.90 Å². The van der Waals surface area contributed by atoms with Crippen molar-refractivity contribution in [3.8, 4) is 5.69 Å². The van der Waals surface area contributed by atoms with E-state index in [1.807, 2.05) is 86.6 Å². The van der Waals surface area contributed by atoms with Gasteiger partial charge in [0.15, 0.2) is 0 Å². The normalized spacial score (nSPS) is 10.9. The largest absolute Gasteiger partial charge is 0.305 e. The van der Waals surface area contributed by atoms with Gasteiger partial charge in [-0.2, -0.15) is 5.10 Å². The number of benzene rings is 3. The first-order valence-corrected chi connectivity index (χ1v) is 9.98. The number of likely N-dealkylation sites (N-methyl/N-ethyl adjacent to an activating group) is 1. The molecular formula is C25H23N3O2. The maximum Gasteiger partial charge on any atom is 0.299 e. The standard InChI is InChI=1S/C25H23N3O2/c1-4-27(22-16-10-12-19-11-8-9-15-21(19)22)25(30)24(29)23-17(2)26-28(18(23)3)20-13-6-5-7-14-20/h5-16H,4H2,1-3H3. The maximum atomic E-state index is 13.3. The Hall–Kier alpha value is -3.73. The molecule has 0 N–H and O–H groups in total. The van der Waals surface area contributed by atoms with Crippen LogP contribution in [-0.4, -0.2) is 28.0 Å². The molecule has 0 saturated carbocycles. The lowest BCUT2D eigenvalue weighted by atomic mass is 10.1. The number of ketones is 1. The Morgan fingerprint density at radius 3 is 2.30 bits per heavy atom. The maximum absolute atomic E-state index is 13.3. The molecule has 0 unspecified atom stereocenters. The molecule has 4 aromatic rings. The summed E-state index contributed by atoms with van der Waals surface area (Å²) in [6, 6.07) is 23.2. The summed E-state index contributed by atoms with van der Waals surface area (Å²) in [5.74, 6) is -1.09. The van der Waals surface area contributed by atoms with Crippen molar-refractivity contribution in [3.63, 3.8) is 0 Å². The summed E-state index contributed by atoms with van der Waals surface area (Å²) < 4.78 is 1.71. The van der Waals surface area contributed by atoms with Crippen molar-refractivity contribution < 1.29 is 9.59 Å². The zero-order valence-electron chi connectivity index (χ0n) is 17.3. The van der Waals surface area contributed by atoms with Gasteiger partial charge in [-0.1, -0.05) is 54.6 Å². The van der Waals surface area contributed by atoms with Gasteiger partial charge in [0.1, 0.15) is 0 Å². The van der Waals surface area contributed by atoms with E-state index in [1.165, 1.54) is 0 Å². The second-order valence-electron chi connectivity index (χ2n) is 7.17. The van der Waals surface area contributed by atoms with Gasteiger partial charge in [0.25, 0.3) is 11.7 Å². The van der Waals surface area contributed by atoms with Gasteiger partial charge in [-0.05, 0) is 44.4 Å². The van der Waals surface area contributed by atoms with Crippen molar-refractivity contribution in [1.82, 2.24) is 9.78 Å². The number of para-hydroxylation sites is 1. The third kappa shape index (κ3) is 3.28. The molecule has 0 aliphatic heterocycles. The number of carbonyl (C=O) groups excluding carboxylic acids is 2. The molecular weight excluding hydrogens is 374 g/mol. The number of anilines is 1. The highest BCUT2D eigenvalue weighted by Gasteiger charge is 2.29. The molecule has 0 aliphatic rings. The molecule has 0 atom stereocenters. The van der Waals surface area contributed by atoms with Crippen molar-refractivity contribution in [3.05, 3.63) is 89.7 Å². The number of hydrogen-bond donors (Lipinski definition) is 0. The zero-order chi connectivity index (χ0) is 21.3. The van der Waals surface area contributed by atoms with E-state index in [0.717, 1.165) is 22.1 Å². The summed E-state index contributed by atoms with van der Waals surface area (Å²) in [6.45, 7) is 5.85. The van der Waals surface area contributed by atoms with Crippen LogP contribution in [0, 0.1) is 13.8 Å². The number of aryl methyl sites for hydroxylation is 1. The first-order valence-electron chi connectivity index (χ1n) is 9.98. The number of aromatic nitrogens is 2. The molecule has 5 nitrogen and oxygen atoms in total. The molecule has 0 aliphatic carbocycles. The molecule has 1 heterocycles. The summed E-state index contributed by atoms with van der Waals surface area (Å²) in [6.07, 6.45) is 0. The highest BCUT2D eigenvalue weighted by molar-refractivity contribution is 6.48. The molecule has 0 bridgehead atoms. The smallest absolute Gasteiger partial charge is 0.299 e. The molecule has 150 valence electrons. The fourth-order valence-electron chi connectivity index (χ4n) is 3.89. The van der Waals surface area contributed by atoms with E-state index in [9.17, 15) is 9.59 Å². The lowest BCUT2D eigenvalue weighted by Crippen LogP contribution is -2.37. The van der Waals surface area contributed by atoms with Crippen LogP contribution < -0.4 is 4.90 Å². The van der Waals surface area contributed by atoms with E-state index in [4.69, 9.17) is 0 Å². The Bertz CT molecular complexity index is 1240. The van der Waals surface area contributed by atoms with Gasteiger partial charge in [0, 0.05) is 11.9 Å². The first-order chi connectivity index (χ1) is 14.5. The minimum absolute atomic E-state index is 0.363. The van der Waals surface area contributed by atoms with Crippen LogP contribution in [0.4, 0.5) is 5.69 Å². The average Bonchev–Trinajstić information content (AvgIpc) is 3.08. The lowest BCUT2D eigenvalue weighted by molar-refractivity contribution is -0.114. The molecule has 3 aromatic carbocycles. The van der Waals surface area contributed by atoms with E-state index >= 15 is 0 Å². The minimum atomic E-state index is -0.548. The van der Waals surface area contributed by atoms with E-state index in [1.54, 1.807) is 16.5 Å². The summed E-state index contributed by atoms with van der Waals surface area (Å²) >= 11 is 0. The van der Waals surface area contributed by atoms with Crippen LogP contribution in [-0.2, 0) is 4.79 Å². The van der Waals surface area contributed by atoms with Crippen LogP contribution >= 0.6 is 0 Å². The van der Waals surface area contributed by atoms with Gasteiger partial charge in [0.2, 0.25) is 0 Å². The van der Waals surface area contributed by atoms with Crippen molar-refractivity contribution >= 4 is 28.2 Å². The number of fused-ring (bicyclic) bond motifs is 1. The molecule has 1 aromatic heterocycles. The number of amides is 1. The summed E-state index contributed by atoms with van der Waals surface area (Å²) in [5.41, 5.74) is 3.16. The number of hydrogen-bond acceptors (Lipinski definition) is 3. The highest BCUT2D eigenvalue weighted by Crippen LogP contribution is 2.28. The molecule has 30 heavy (non-hydrogen) atoms. The van der Waals surface area contributed by atoms with Gasteiger partial charge >= 0.3 is 0 Å². The number of nitrogens with zero attached hydrogens (tertiary/aromatic N) is 3. The molecule has 0 radical (unpaired) electrons. The van der Waals surface area contributed by atoms with Gasteiger partial charge in [-0.25, -0.2) is 4.68 Å². The van der Waals surface area contributed by atoms with E-state index in [0.29, 0.717) is 23.5 Å². The topological polar surface area (TPSA) is 55.2 Å². The molecule has 1 amide bonds. The Kier molecular flexibility index (Phi) is 5.19. The molecule has 0 spiro atoms. The van der Waals surface area contributed by atoms with E-state index < -0.39 is 11.7 Å². The number of rotatable bonds is 5. The number of Topliss-reactive ketones (excluding diaryl/α,β-unsaturated/α-hetero) is 1. The van der Waals surface area contributed by atoms with Crippen LogP contribution in [0.15, 0.2) is 72.8 Å². The van der Waals surface area contributed by atoms with Crippen LogP contribution in [0.2, 0.25) is 0 Å². The van der Waals surface area contributed by atoms with Gasteiger partial charge in [-0.3, -0.25) is 9.59 Å². The highest BCUT2D eigenvalue weighted by atomic mass is 16.2. The van der Waals surface area contributed by atoms with Crippen LogP contribution in [0.1, 0.15) is 28.7 Å². The molecule has 5 heteroatoms. The van der Waals surface area contributed by atoms with Crippen LogP contribution in [0.5, 0.6) is 0 Å². The van der Waals surface area contributed by atoms with Crippen molar-refractivity contribution in [2.75, 3.05) is 11.4 Å². The molecule has 4 rings (SSSR count). The lowest BCUT2D eigenvalue weighted by Gasteiger charge is -2.22. The second-order valence-corrected chi connectivity index (χ2v) is 7.17. The SMILES string of the molecule is CCN(C(=O)C(=O)c1c(C)nn(-c2ccccc2)c1C)c1cccc2ccccc12. The summed E-state index contributed by atoms with van der Waals surface area (Å²) in [7, 11) is 0. The van der Waals surface area contributed by atoms with Crippen LogP contribution in [0.3, 0.4) is 0 Å². The third-order valence-corrected chi connectivity index (χ3v) is 5.33. The molecule has 0 fully saturated rings. The van der Waals surface area contributed by atoms with Crippen LogP contribution in [0.25, 0.3) is 16.5 Å². The van der Waals surface area contributed by atoms with E-state index in [-0.39, 0.29) is 0 Å². The Balaban J connectivity index is 1.74. The van der Waals surface area contributed by atoms with Crippen molar-refractivity contribution in [1.29, 1.82) is 0 Å². The van der Waals surface area contributed by atoms with Crippen molar-refractivity contribution in [2.24, 2.45) is 0 Å². The zero-order valence-corrected chi connectivity index (χ0v) is 17.3. The first kappa shape index (κ1) is 19.6. The fourth-order valence-corrected chi connectivity index (χ4v) is 3.89. The minimum Gasteiger partial charge on any atom is -0.305 e. The second kappa shape index (κ2) is 7.95. The quantitative estimate of drug-likeness (QED) is 0.356. The number of carbonyl (C=O) groups is 2.